The van der Waals surface area contributed by atoms with Crippen molar-refractivity contribution in [1.29, 1.82) is 0 Å². The van der Waals surface area contributed by atoms with Gasteiger partial charge in [0, 0.05) is 18.7 Å². The SMILES string of the molecule is CCOc1ccc(N2C[C@@H](NC(=O)COc3cccc(C)c3)CC2=O)cc1. The summed E-state index contributed by atoms with van der Waals surface area (Å²) in [5, 5.41) is 2.87. The maximum atomic E-state index is 12.3. The summed E-state index contributed by atoms with van der Waals surface area (Å²) in [5.41, 5.74) is 1.87. The molecule has 3 rings (SSSR count). The maximum Gasteiger partial charge on any atom is 0.258 e. The fourth-order valence-electron chi connectivity index (χ4n) is 3.07. The lowest BCUT2D eigenvalue weighted by molar-refractivity contribution is -0.123. The minimum atomic E-state index is -0.233. The fourth-order valence-corrected chi connectivity index (χ4v) is 3.07. The van der Waals surface area contributed by atoms with Gasteiger partial charge >= 0.3 is 0 Å². The molecule has 0 radical (unpaired) electrons. The molecule has 1 aliphatic rings. The third-order valence-corrected chi connectivity index (χ3v) is 4.31. The van der Waals surface area contributed by atoms with E-state index in [0.29, 0.717) is 18.9 Å². The van der Waals surface area contributed by atoms with Crippen LogP contribution >= 0.6 is 0 Å². The number of carbonyl (C=O) groups excluding carboxylic acids is 2. The van der Waals surface area contributed by atoms with Crippen molar-refractivity contribution in [2.24, 2.45) is 0 Å². The van der Waals surface area contributed by atoms with E-state index in [1.54, 1.807) is 4.90 Å². The van der Waals surface area contributed by atoms with Crippen molar-refractivity contribution in [3.8, 4) is 11.5 Å². The molecular weight excluding hydrogens is 344 g/mol. The second-order valence-electron chi connectivity index (χ2n) is 6.51. The largest absolute Gasteiger partial charge is 0.494 e. The van der Waals surface area contributed by atoms with Crippen LogP contribution in [-0.4, -0.2) is 37.6 Å². The number of carbonyl (C=O) groups is 2. The lowest BCUT2D eigenvalue weighted by Crippen LogP contribution is -2.39. The molecule has 1 fully saturated rings. The molecule has 2 amide bonds. The van der Waals surface area contributed by atoms with Gasteiger partial charge in [0.2, 0.25) is 5.91 Å². The van der Waals surface area contributed by atoms with E-state index in [4.69, 9.17) is 9.47 Å². The van der Waals surface area contributed by atoms with Gasteiger partial charge in [0.25, 0.3) is 5.91 Å². The topological polar surface area (TPSA) is 67.9 Å². The number of amides is 2. The molecule has 1 N–H and O–H groups in total. The number of aryl methyl sites for hydroxylation is 1. The molecule has 0 spiro atoms. The highest BCUT2D eigenvalue weighted by atomic mass is 16.5. The van der Waals surface area contributed by atoms with Crippen LogP contribution in [0, 0.1) is 6.92 Å². The minimum absolute atomic E-state index is 0.0101. The Morgan fingerprint density at radius 3 is 2.63 bits per heavy atom. The molecule has 0 saturated carbocycles. The highest BCUT2D eigenvalue weighted by Gasteiger charge is 2.31. The van der Waals surface area contributed by atoms with Crippen molar-refractivity contribution >= 4 is 17.5 Å². The molecule has 1 aliphatic heterocycles. The number of nitrogens with zero attached hydrogens (tertiary/aromatic N) is 1. The van der Waals surface area contributed by atoms with Crippen molar-refractivity contribution in [1.82, 2.24) is 5.32 Å². The van der Waals surface area contributed by atoms with E-state index < -0.39 is 0 Å². The third-order valence-electron chi connectivity index (χ3n) is 4.31. The summed E-state index contributed by atoms with van der Waals surface area (Å²) in [6.45, 7) is 4.86. The van der Waals surface area contributed by atoms with Gasteiger partial charge in [-0.2, -0.15) is 0 Å². The van der Waals surface area contributed by atoms with Crippen molar-refractivity contribution in [2.75, 3.05) is 24.7 Å². The lowest BCUT2D eigenvalue weighted by atomic mass is 10.2. The fraction of sp³-hybridized carbons (Fsp3) is 0.333. The molecule has 27 heavy (non-hydrogen) atoms. The molecule has 2 aromatic carbocycles. The van der Waals surface area contributed by atoms with Gasteiger partial charge < -0.3 is 19.7 Å². The molecule has 1 atom stereocenters. The van der Waals surface area contributed by atoms with Crippen LogP contribution in [0.5, 0.6) is 11.5 Å². The highest BCUT2D eigenvalue weighted by Crippen LogP contribution is 2.24. The first kappa shape index (κ1) is 18.8. The number of hydrogen-bond donors (Lipinski definition) is 1. The molecule has 0 aromatic heterocycles. The Bertz CT molecular complexity index is 804. The van der Waals surface area contributed by atoms with Crippen LogP contribution < -0.4 is 19.7 Å². The molecular formula is C21H24N2O4. The zero-order chi connectivity index (χ0) is 19.2. The smallest absolute Gasteiger partial charge is 0.258 e. The number of benzene rings is 2. The molecule has 142 valence electrons. The van der Waals surface area contributed by atoms with Gasteiger partial charge in [-0.25, -0.2) is 0 Å². The van der Waals surface area contributed by atoms with E-state index in [2.05, 4.69) is 5.32 Å². The van der Waals surface area contributed by atoms with Gasteiger partial charge in [-0.05, 0) is 55.8 Å². The first-order valence-electron chi connectivity index (χ1n) is 9.07. The van der Waals surface area contributed by atoms with Crippen LogP contribution in [0.2, 0.25) is 0 Å². The zero-order valence-electron chi connectivity index (χ0n) is 15.6. The number of anilines is 1. The summed E-state index contributed by atoms with van der Waals surface area (Å²) in [6, 6.07) is 14.7. The number of nitrogens with one attached hydrogen (secondary N) is 1. The highest BCUT2D eigenvalue weighted by molar-refractivity contribution is 5.97. The van der Waals surface area contributed by atoms with Gasteiger partial charge in [0.1, 0.15) is 11.5 Å². The van der Waals surface area contributed by atoms with Crippen molar-refractivity contribution < 1.29 is 19.1 Å². The van der Waals surface area contributed by atoms with E-state index in [1.807, 2.05) is 62.4 Å². The Kier molecular flexibility index (Phi) is 5.96. The average molecular weight is 368 g/mol. The van der Waals surface area contributed by atoms with E-state index in [0.717, 1.165) is 17.0 Å². The molecule has 2 aromatic rings. The summed E-state index contributed by atoms with van der Waals surface area (Å²) in [5.74, 6) is 1.18. The Morgan fingerprint density at radius 2 is 1.93 bits per heavy atom. The second-order valence-corrected chi connectivity index (χ2v) is 6.51. The number of rotatable bonds is 7. The Hall–Kier alpha value is -3.02. The number of ether oxygens (including phenoxy) is 2. The predicted molar refractivity (Wildman–Crippen MR) is 103 cm³/mol. The van der Waals surface area contributed by atoms with Gasteiger partial charge in [-0.15, -0.1) is 0 Å². The molecule has 0 aliphatic carbocycles. The van der Waals surface area contributed by atoms with Crippen LogP contribution in [0.25, 0.3) is 0 Å². The molecule has 1 saturated heterocycles. The van der Waals surface area contributed by atoms with E-state index >= 15 is 0 Å². The van der Waals surface area contributed by atoms with Crippen LogP contribution in [0.4, 0.5) is 5.69 Å². The lowest BCUT2D eigenvalue weighted by Gasteiger charge is -2.18. The molecule has 6 nitrogen and oxygen atoms in total. The maximum absolute atomic E-state index is 12.3. The van der Waals surface area contributed by atoms with Crippen molar-refractivity contribution in [3.05, 3.63) is 54.1 Å². The second kappa shape index (κ2) is 8.58. The number of hydrogen-bond acceptors (Lipinski definition) is 4. The molecule has 0 unspecified atom stereocenters. The van der Waals surface area contributed by atoms with E-state index in [-0.39, 0.29) is 30.9 Å². The minimum Gasteiger partial charge on any atom is -0.494 e. The molecule has 1 heterocycles. The molecule has 0 bridgehead atoms. The monoisotopic (exact) mass is 368 g/mol. The van der Waals surface area contributed by atoms with Crippen LogP contribution in [0.15, 0.2) is 48.5 Å². The van der Waals surface area contributed by atoms with Gasteiger partial charge in [-0.3, -0.25) is 9.59 Å². The first-order chi connectivity index (χ1) is 13.0. The van der Waals surface area contributed by atoms with Gasteiger partial charge in [0.15, 0.2) is 6.61 Å². The Balaban J connectivity index is 1.51. The zero-order valence-corrected chi connectivity index (χ0v) is 15.6. The van der Waals surface area contributed by atoms with Crippen LogP contribution in [0.1, 0.15) is 18.9 Å². The Labute approximate surface area is 159 Å². The summed E-state index contributed by atoms with van der Waals surface area (Å²) in [4.78, 5) is 26.1. The van der Waals surface area contributed by atoms with Crippen LogP contribution in [0.3, 0.4) is 0 Å². The average Bonchev–Trinajstić information content (AvgIpc) is 3.01. The van der Waals surface area contributed by atoms with Gasteiger partial charge in [-0.1, -0.05) is 12.1 Å². The summed E-state index contributed by atoms with van der Waals surface area (Å²) >= 11 is 0. The predicted octanol–water partition coefficient (Wildman–Crippen LogP) is 2.69. The van der Waals surface area contributed by atoms with E-state index in [1.165, 1.54) is 0 Å². The molecule has 6 heteroatoms. The first-order valence-corrected chi connectivity index (χ1v) is 9.07. The normalized spacial score (nSPS) is 16.3. The Morgan fingerprint density at radius 1 is 1.15 bits per heavy atom. The standard InChI is InChI=1S/C21H24N2O4/c1-3-26-18-9-7-17(8-10-18)23-13-16(12-21(23)25)22-20(24)14-27-19-6-4-5-15(2)11-19/h4-11,16H,3,12-14H2,1-2H3,(H,22,24)/t16-/m0/s1. The summed E-state index contributed by atoms with van der Waals surface area (Å²) in [7, 11) is 0. The van der Waals surface area contributed by atoms with Gasteiger partial charge in [0.05, 0.1) is 12.6 Å². The van der Waals surface area contributed by atoms with Crippen molar-refractivity contribution in [2.45, 2.75) is 26.3 Å². The van der Waals surface area contributed by atoms with E-state index in [9.17, 15) is 9.59 Å². The quantitative estimate of drug-likeness (QED) is 0.816. The summed E-state index contributed by atoms with van der Waals surface area (Å²) < 4.78 is 10.9. The third kappa shape index (κ3) is 5.00. The summed E-state index contributed by atoms with van der Waals surface area (Å²) in [6.07, 6.45) is 0.281. The van der Waals surface area contributed by atoms with Crippen LogP contribution in [-0.2, 0) is 9.59 Å². The van der Waals surface area contributed by atoms with Crippen molar-refractivity contribution in [3.63, 3.8) is 0 Å².